The van der Waals surface area contributed by atoms with Crippen LogP contribution in [0.3, 0.4) is 0 Å². The highest BCUT2D eigenvalue weighted by molar-refractivity contribution is 9.10. The third kappa shape index (κ3) is 3.76. The van der Waals surface area contributed by atoms with Crippen molar-refractivity contribution in [1.29, 1.82) is 0 Å². The number of hydrogen-bond acceptors (Lipinski definition) is 3. The van der Waals surface area contributed by atoms with Crippen molar-refractivity contribution in [2.75, 3.05) is 10.5 Å². The zero-order chi connectivity index (χ0) is 15.8. The summed E-state index contributed by atoms with van der Waals surface area (Å²) in [6.07, 6.45) is 0. The highest BCUT2D eigenvalue weighted by atomic mass is 79.9. The van der Waals surface area contributed by atoms with Gasteiger partial charge in [0.05, 0.1) is 15.2 Å². The van der Waals surface area contributed by atoms with Crippen LogP contribution in [0.15, 0.2) is 39.7 Å². The Morgan fingerprint density at radius 1 is 1.05 bits per heavy atom. The molecule has 4 nitrogen and oxygen atoms in total. The number of halogens is 4. The largest absolute Gasteiger partial charge is 0.398 e. The first-order valence-corrected chi connectivity index (χ1v) is 8.84. The molecule has 0 aliphatic rings. The van der Waals surface area contributed by atoms with Crippen molar-refractivity contribution < 1.29 is 8.42 Å². The molecule has 0 atom stereocenters. The van der Waals surface area contributed by atoms with Gasteiger partial charge in [0.2, 0.25) is 0 Å². The Balaban J connectivity index is 2.51. The van der Waals surface area contributed by atoms with E-state index >= 15 is 0 Å². The summed E-state index contributed by atoms with van der Waals surface area (Å²) in [6.45, 7) is 0. The highest BCUT2D eigenvalue weighted by Crippen LogP contribution is 2.34. The molecule has 2 rings (SSSR count). The number of sulfonamides is 1. The summed E-state index contributed by atoms with van der Waals surface area (Å²) in [5.41, 5.74) is 6.06. The maximum Gasteiger partial charge on any atom is 0.263 e. The molecule has 0 saturated heterocycles. The molecule has 9 heteroatoms. The number of nitrogens with two attached hydrogens (primary N) is 1. The van der Waals surface area contributed by atoms with Crippen LogP contribution in [0.2, 0.25) is 15.1 Å². The van der Waals surface area contributed by atoms with Gasteiger partial charge in [-0.15, -0.1) is 0 Å². The Hall–Kier alpha value is -0.660. The average molecular weight is 431 g/mol. The Kier molecular flexibility index (Phi) is 4.95. The third-order valence-corrected chi connectivity index (χ3v) is 5.81. The van der Waals surface area contributed by atoms with Gasteiger partial charge in [0.15, 0.2) is 0 Å². The summed E-state index contributed by atoms with van der Waals surface area (Å²) in [5, 5.41) is 0.768. The topological polar surface area (TPSA) is 72.2 Å². The lowest BCUT2D eigenvalue weighted by Gasteiger charge is -2.12. The minimum absolute atomic E-state index is 0.0939. The molecule has 0 radical (unpaired) electrons. The molecule has 0 aliphatic carbocycles. The summed E-state index contributed by atoms with van der Waals surface area (Å²) in [5.74, 6) is 0. The molecule has 3 N–H and O–H groups in total. The fourth-order valence-corrected chi connectivity index (χ4v) is 4.31. The molecule has 112 valence electrons. The molecule has 0 fully saturated rings. The fourth-order valence-electron chi connectivity index (χ4n) is 1.56. The van der Waals surface area contributed by atoms with Crippen LogP contribution in [0.1, 0.15) is 0 Å². The van der Waals surface area contributed by atoms with Gasteiger partial charge in [0.25, 0.3) is 10.0 Å². The number of anilines is 2. The van der Waals surface area contributed by atoms with E-state index in [1.54, 1.807) is 6.07 Å². The van der Waals surface area contributed by atoms with Crippen molar-refractivity contribution >= 4 is 72.1 Å². The van der Waals surface area contributed by atoms with Crippen LogP contribution < -0.4 is 10.5 Å². The molecule has 0 amide bonds. The zero-order valence-corrected chi connectivity index (χ0v) is 14.9. The SMILES string of the molecule is Nc1cc(Cl)cc(S(=O)(=O)Nc2cc(Cl)ccc2Cl)c1Br. The molecule has 2 aromatic carbocycles. The quantitative estimate of drug-likeness (QED) is 0.688. The van der Waals surface area contributed by atoms with Crippen LogP contribution in [0.25, 0.3) is 0 Å². The second-order valence-corrected chi connectivity index (χ2v) is 7.76. The summed E-state index contributed by atoms with van der Waals surface area (Å²) < 4.78 is 27.4. The van der Waals surface area contributed by atoms with Gasteiger partial charge in [-0.05, 0) is 46.3 Å². The zero-order valence-electron chi connectivity index (χ0n) is 10.2. The summed E-state index contributed by atoms with van der Waals surface area (Å²) in [7, 11) is -3.93. The first-order chi connectivity index (χ1) is 9.70. The smallest absolute Gasteiger partial charge is 0.263 e. The second kappa shape index (κ2) is 6.22. The van der Waals surface area contributed by atoms with Gasteiger partial charge in [-0.25, -0.2) is 8.42 Å². The van der Waals surface area contributed by atoms with Gasteiger partial charge in [-0.3, -0.25) is 4.72 Å². The number of hydrogen-bond donors (Lipinski definition) is 2. The van der Waals surface area contributed by atoms with Crippen molar-refractivity contribution in [3.63, 3.8) is 0 Å². The van der Waals surface area contributed by atoms with Crippen LogP contribution in [-0.4, -0.2) is 8.42 Å². The van der Waals surface area contributed by atoms with Crippen LogP contribution in [0.5, 0.6) is 0 Å². The molecule has 21 heavy (non-hydrogen) atoms. The van der Waals surface area contributed by atoms with Gasteiger partial charge in [-0.1, -0.05) is 34.8 Å². The number of nitrogen functional groups attached to an aromatic ring is 1. The van der Waals surface area contributed by atoms with Gasteiger partial charge < -0.3 is 5.73 Å². The van der Waals surface area contributed by atoms with E-state index in [1.165, 1.54) is 24.3 Å². The number of nitrogens with one attached hydrogen (secondary N) is 1. The Morgan fingerprint density at radius 3 is 2.38 bits per heavy atom. The van der Waals surface area contributed by atoms with Crippen LogP contribution >= 0.6 is 50.7 Å². The van der Waals surface area contributed by atoms with Crippen molar-refractivity contribution in [3.05, 3.63) is 49.9 Å². The van der Waals surface area contributed by atoms with E-state index in [0.29, 0.717) is 5.02 Å². The molecule has 0 aromatic heterocycles. The Bertz CT molecular complexity index is 812. The second-order valence-electron chi connectivity index (χ2n) is 4.04. The number of rotatable bonds is 3. The molecule has 0 spiro atoms. The molecule has 0 bridgehead atoms. The van der Waals surface area contributed by atoms with E-state index in [0.717, 1.165) is 0 Å². The molecule has 0 heterocycles. The lowest BCUT2D eigenvalue weighted by molar-refractivity contribution is 0.601. The van der Waals surface area contributed by atoms with Crippen LogP contribution in [-0.2, 0) is 10.0 Å². The van der Waals surface area contributed by atoms with E-state index in [1.807, 2.05) is 0 Å². The predicted molar refractivity (Wildman–Crippen MR) is 90.8 cm³/mol. The summed E-state index contributed by atoms with van der Waals surface area (Å²) in [4.78, 5) is -0.0939. The van der Waals surface area contributed by atoms with Crippen molar-refractivity contribution in [2.24, 2.45) is 0 Å². The summed E-state index contributed by atoms with van der Waals surface area (Å²) in [6, 6.07) is 7.17. The maximum absolute atomic E-state index is 12.4. The standard InChI is InChI=1S/C12H8BrCl3N2O2S/c13-12-9(17)3-7(15)5-11(12)21(19,20)18-10-4-6(14)1-2-8(10)16/h1-5,18H,17H2. The first-order valence-electron chi connectivity index (χ1n) is 5.43. The maximum atomic E-state index is 12.4. The fraction of sp³-hybridized carbons (Fsp3) is 0. The molecule has 0 saturated carbocycles. The molecule has 0 aliphatic heterocycles. The molecule has 0 unspecified atom stereocenters. The predicted octanol–water partition coefficient (Wildman–Crippen LogP) is 4.79. The van der Waals surface area contributed by atoms with Crippen molar-refractivity contribution in [2.45, 2.75) is 4.90 Å². The van der Waals surface area contributed by atoms with E-state index in [4.69, 9.17) is 40.5 Å². The Morgan fingerprint density at radius 2 is 1.71 bits per heavy atom. The van der Waals surface area contributed by atoms with Crippen molar-refractivity contribution in [3.8, 4) is 0 Å². The van der Waals surface area contributed by atoms with Crippen molar-refractivity contribution in [1.82, 2.24) is 0 Å². The molecular weight excluding hydrogens is 422 g/mol. The van der Waals surface area contributed by atoms with Gasteiger partial charge in [0, 0.05) is 15.7 Å². The van der Waals surface area contributed by atoms with Gasteiger partial charge in [0.1, 0.15) is 4.90 Å². The lowest BCUT2D eigenvalue weighted by Crippen LogP contribution is -2.14. The number of benzene rings is 2. The van der Waals surface area contributed by atoms with Gasteiger partial charge in [-0.2, -0.15) is 0 Å². The van der Waals surface area contributed by atoms with E-state index < -0.39 is 10.0 Å². The minimum Gasteiger partial charge on any atom is -0.398 e. The normalized spacial score (nSPS) is 11.4. The van der Waals surface area contributed by atoms with E-state index in [-0.39, 0.29) is 30.8 Å². The first kappa shape index (κ1) is 16.7. The van der Waals surface area contributed by atoms with Crippen LogP contribution in [0, 0.1) is 0 Å². The lowest BCUT2D eigenvalue weighted by atomic mass is 10.3. The minimum atomic E-state index is -3.93. The monoisotopic (exact) mass is 428 g/mol. The third-order valence-electron chi connectivity index (χ3n) is 2.49. The van der Waals surface area contributed by atoms with E-state index in [9.17, 15) is 8.42 Å². The van der Waals surface area contributed by atoms with Crippen LogP contribution in [0.4, 0.5) is 11.4 Å². The van der Waals surface area contributed by atoms with E-state index in [2.05, 4.69) is 20.7 Å². The molecule has 2 aromatic rings. The van der Waals surface area contributed by atoms with Gasteiger partial charge >= 0.3 is 0 Å². The Labute approximate surface area is 145 Å². The molecular formula is C12H8BrCl3N2O2S. The highest BCUT2D eigenvalue weighted by Gasteiger charge is 2.21. The summed E-state index contributed by atoms with van der Waals surface area (Å²) >= 11 is 20.8. The average Bonchev–Trinajstić information content (AvgIpc) is 2.37.